The Morgan fingerprint density at radius 2 is 2.00 bits per heavy atom. The summed E-state index contributed by atoms with van der Waals surface area (Å²) >= 11 is 1.98. The van der Waals surface area contributed by atoms with Crippen LogP contribution in [0.1, 0.15) is 29.5 Å². The van der Waals surface area contributed by atoms with Gasteiger partial charge < -0.3 is 5.32 Å². The second-order valence-electron chi connectivity index (χ2n) is 5.00. The lowest BCUT2D eigenvalue weighted by molar-refractivity contribution is 0.178. The first-order valence-electron chi connectivity index (χ1n) is 6.76. The van der Waals surface area contributed by atoms with E-state index in [1.165, 1.54) is 48.7 Å². The molecule has 1 aromatic heterocycles. The monoisotopic (exact) mass is 252 g/mol. The van der Waals surface area contributed by atoms with Crippen LogP contribution in [-0.2, 0) is 13.0 Å². The molecule has 0 bridgehead atoms. The maximum Gasteiger partial charge on any atom is 0.0328 e. The van der Waals surface area contributed by atoms with Crippen molar-refractivity contribution in [2.75, 3.05) is 26.7 Å². The summed E-state index contributed by atoms with van der Waals surface area (Å²) in [6.07, 6.45) is 3.88. The second-order valence-corrected chi connectivity index (χ2v) is 6.25. The summed E-state index contributed by atoms with van der Waals surface area (Å²) in [5, 5.41) is 3.30. The molecule has 2 heterocycles. The van der Waals surface area contributed by atoms with Crippen LogP contribution >= 0.6 is 11.3 Å². The van der Waals surface area contributed by atoms with E-state index >= 15 is 0 Å². The van der Waals surface area contributed by atoms with Crippen molar-refractivity contribution in [3.05, 3.63) is 21.9 Å². The number of hydrogen-bond acceptors (Lipinski definition) is 3. The number of piperidine rings is 1. The molecule has 1 N–H and O–H groups in total. The van der Waals surface area contributed by atoms with Crippen molar-refractivity contribution in [1.82, 2.24) is 10.2 Å². The van der Waals surface area contributed by atoms with Crippen LogP contribution in [0.25, 0.3) is 0 Å². The van der Waals surface area contributed by atoms with E-state index < -0.39 is 0 Å². The predicted octanol–water partition coefficient (Wildman–Crippen LogP) is 2.74. The van der Waals surface area contributed by atoms with Crippen LogP contribution in [0.3, 0.4) is 0 Å². The van der Waals surface area contributed by atoms with Gasteiger partial charge in [0.15, 0.2) is 0 Å². The van der Waals surface area contributed by atoms with E-state index in [0.29, 0.717) is 0 Å². The number of nitrogens with zero attached hydrogens (tertiary/aromatic N) is 1. The van der Waals surface area contributed by atoms with E-state index in [1.807, 2.05) is 11.3 Å². The molecule has 0 aliphatic carbocycles. The van der Waals surface area contributed by atoms with Crippen LogP contribution in [0.4, 0.5) is 0 Å². The molecular weight excluding hydrogens is 228 g/mol. The Balaban J connectivity index is 1.77. The van der Waals surface area contributed by atoms with Crippen molar-refractivity contribution in [3.63, 3.8) is 0 Å². The van der Waals surface area contributed by atoms with Crippen LogP contribution in [0, 0.1) is 5.92 Å². The standard InChI is InChI=1S/C14H24N2S/c1-3-13-4-5-14(17-13)11-16-8-6-12(7-9-16)10-15-2/h4-5,12,15H,3,6-11H2,1-2H3. The molecule has 0 radical (unpaired) electrons. The summed E-state index contributed by atoms with van der Waals surface area (Å²) in [5.41, 5.74) is 0. The average Bonchev–Trinajstić information content (AvgIpc) is 2.80. The van der Waals surface area contributed by atoms with Gasteiger partial charge in [0.1, 0.15) is 0 Å². The Bertz CT molecular complexity index is 327. The maximum atomic E-state index is 3.30. The number of hydrogen-bond donors (Lipinski definition) is 1. The minimum Gasteiger partial charge on any atom is -0.319 e. The third kappa shape index (κ3) is 3.80. The first-order valence-corrected chi connectivity index (χ1v) is 7.58. The SMILES string of the molecule is CCc1ccc(CN2CCC(CNC)CC2)s1. The number of thiophene rings is 1. The first-order chi connectivity index (χ1) is 8.31. The minimum absolute atomic E-state index is 0.894. The van der Waals surface area contributed by atoms with Gasteiger partial charge in [-0.1, -0.05) is 6.92 Å². The molecule has 17 heavy (non-hydrogen) atoms. The number of rotatable bonds is 5. The number of nitrogens with one attached hydrogen (secondary N) is 1. The van der Waals surface area contributed by atoms with Gasteiger partial charge in [-0.25, -0.2) is 0 Å². The highest BCUT2D eigenvalue weighted by molar-refractivity contribution is 7.11. The van der Waals surface area contributed by atoms with Gasteiger partial charge >= 0.3 is 0 Å². The summed E-state index contributed by atoms with van der Waals surface area (Å²) in [6, 6.07) is 4.59. The highest BCUT2D eigenvalue weighted by Gasteiger charge is 2.18. The molecule has 0 atom stereocenters. The van der Waals surface area contributed by atoms with Crippen LogP contribution in [-0.4, -0.2) is 31.6 Å². The van der Waals surface area contributed by atoms with Gasteiger partial charge in [-0.15, -0.1) is 11.3 Å². The van der Waals surface area contributed by atoms with Crippen molar-refractivity contribution < 1.29 is 0 Å². The lowest BCUT2D eigenvalue weighted by atomic mass is 9.97. The Kier molecular flexibility index (Phi) is 5.01. The molecule has 0 aromatic carbocycles. The molecule has 1 aliphatic heterocycles. The Morgan fingerprint density at radius 1 is 1.29 bits per heavy atom. The van der Waals surface area contributed by atoms with Crippen molar-refractivity contribution in [2.24, 2.45) is 5.92 Å². The normalized spacial score (nSPS) is 18.7. The summed E-state index contributed by atoms with van der Waals surface area (Å²) in [4.78, 5) is 5.66. The Hall–Kier alpha value is -0.380. The van der Waals surface area contributed by atoms with Crippen molar-refractivity contribution >= 4 is 11.3 Å². The molecule has 1 fully saturated rings. The molecular formula is C14H24N2S. The molecule has 0 unspecified atom stereocenters. The van der Waals surface area contributed by atoms with E-state index in [0.717, 1.165) is 12.5 Å². The fraction of sp³-hybridized carbons (Fsp3) is 0.714. The predicted molar refractivity (Wildman–Crippen MR) is 75.6 cm³/mol. The lowest BCUT2D eigenvalue weighted by Crippen LogP contribution is -2.36. The van der Waals surface area contributed by atoms with Gasteiger partial charge in [0, 0.05) is 16.3 Å². The smallest absolute Gasteiger partial charge is 0.0328 e. The quantitative estimate of drug-likeness (QED) is 0.867. The molecule has 0 saturated carbocycles. The van der Waals surface area contributed by atoms with Gasteiger partial charge in [0.2, 0.25) is 0 Å². The third-order valence-electron chi connectivity index (χ3n) is 3.65. The molecule has 2 nitrogen and oxygen atoms in total. The zero-order valence-corrected chi connectivity index (χ0v) is 11.9. The van der Waals surface area contributed by atoms with Gasteiger partial charge in [0.25, 0.3) is 0 Å². The molecule has 0 spiro atoms. The number of likely N-dealkylation sites (tertiary alicyclic amines) is 1. The van der Waals surface area contributed by atoms with Gasteiger partial charge in [-0.2, -0.15) is 0 Å². The lowest BCUT2D eigenvalue weighted by Gasteiger charge is -2.31. The van der Waals surface area contributed by atoms with Crippen LogP contribution in [0.5, 0.6) is 0 Å². The highest BCUT2D eigenvalue weighted by Crippen LogP contribution is 2.22. The summed E-state index contributed by atoms with van der Waals surface area (Å²) in [5.74, 6) is 0.894. The average molecular weight is 252 g/mol. The first kappa shape index (κ1) is 13.1. The maximum absolute atomic E-state index is 3.30. The fourth-order valence-corrected chi connectivity index (χ4v) is 3.56. The molecule has 96 valence electrons. The van der Waals surface area contributed by atoms with Crippen molar-refractivity contribution in [3.8, 4) is 0 Å². The Morgan fingerprint density at radius 3 is 2.59 bits per heavy atom. The molecule has 0 amide bonds. The van der Waals surface area contributed by atoms with E-state index in [1.54, 1.807) is 0 Å². The molecule has 2 rings (SSSR count). The van der Waals surface area contributed by atoms with Crippen LogP contribution < -0.4 is 5.32 Å². The van der Waals surface area contributed by atoms with Gasteiger partial charge in [-0.3, -0.25) is 4.90 Å². The highest BCUT2D eigenvalue weighted by atomic mass is 32.1. The van der Waals surface area contributed by atoms with E-state index in [4.69, 9.17) is 0 Å². The molecule has 1 aromatic rings. The third-order valence-corrected chi connectivity index (χ3v) is 4.86. The summed E-state index contributed by atoms with van der Waals surface area (Å²) in [7, 11) is 2.06. The largest absolute Gasteiger partial charge is 0.319 e. The van der Waals surface area contributed by atoms with E-state index in [2.05, 4.69) is 36.3 Å². The van der Waals surface area contributed by atoms with Crippen molar-refractivity contribution in [2.45, 2.75) is 32.7 Å². The minimum atomic E-state index is 0.894. The van der Waals surface area contributed by atoms with Gasteiger partial charge in [0.05, 0.1) is 0 Å². The molecule has 1 aliphatic rings. The fourth-order valence-electron chi connectivity index (χ4n) is 2.56. The topological polar surface area (TPSA) is 15.3 Å². The molecule has 3 heteroatoms. The second kappa shape index (κ2) is 6.53. The van der Waals surface area contributed by atoms with Crippen LogP contribution in [0.2, 0.25) is 0 Å². The van der Waals surface area contributed by atoms with Gasteiger partial charge in [-0.05, 0) is 64.0 Å². The number of aryl methyl sites for hydroxylation is 1. The summed E-state index contributed by atoms with van der Waals surface area (Å²) < 4.78 is 0. The van der Waals surface area contributed by atoms with E-state index in [-0.39, 0.29) is 0 Å². The zero-order valence-electron chi connectivity index (χ0n) is 11.0. The van der Waals surface area contributed by atoms with Crippen molar-refractivity contribution in [1.29, 1.82) is 0 Å². The molecule has 1 saturated heterocycles. The van der Waals surface area contributed by atoms with E-state index in [9.17, 15) is 0 Å². The summed E-state index contributed by atoms with van der Waals surface area (Å²) in [6.45, 7) is 7.13. The zero-order chi connectivity index (χ0) is 12.1. The van der Waals surface area contributed by atoms with Crippen LogP contribution in [0.15, 0.2) is 12.1 Å². The Labute approximate surface area is 109 Å².